The van der Waals surface area contributed by atoms with Crippen molar-refractivity contribution in [2.75, 3.05) is 19.0 Å². The van der Waals surface area contributed by atoms with Gasteiger partial charge in [0.1, 0.15) is 0 Å². The third-order valence-corrected chi connectivity index (χ3v) is 9.63. The predicted molar refractivity (Wildman–Crippen MR) is 136 cm³/mol. The molecule has 0 amide bonds. The number of hydrogen-bond donors (Lipinski definition) is 1. The lowest BCUT2D eigenvalue weighted by atomic mass is 9.75. The van der Waals surface area contributed by atoms with Gasteiger partial charge in [-0.15, -0.1) is 0 Å². The first-order chi connectivity index (χ1) is 15.0. The molecule has 0 unspecified atom stereocenters. The maximum Gasteiger partial charge on any atom is 0.264 e. The lowest BCUT2D eigenvalue weighted by Gasteiger charge is -2.40. The predicted octanol–water partition coefficient (Wildman–Crippen LogP) is 7.13. The highest BCUT2D eigenvalue weighted by atomic mass is 35.5. The smallest absolute Gasteiger partial charge is 0.264 e. The molecular weight excluding hydrogens is 464 g/mol. The summed E-state index contributed by atoms with van der Waals surface area (Å²) in [6, 6.07) is 12.2. The van der Waals surface area contributed by atoms with Crippen molar-refractivity contribution in [3.8, 4) is 0 Å². The van der Waals surface area contributed by atoms with E-state index in [9.17, 15) is 9.67 Å². The average molecular weight is 498 g/mol. The van der Waals surface area contributed by atoms with Crippen LogP contribution in [0, 0.1) is 17.8 Å². The van der Waals surface area contributed by atoms with Crippen LogP contribution in [0.3, 0.4) is 0 Å². The van der Waals surface area contributed by atoms with Crippen LogP contribution in [0.25, 0.3) is 0 Å². The maximum atomic E-state index is 14.6. The van der Waals surface area contributed by atoms with E-state index in [0.29, 0.717) is 27.7 Å². The Morgan fingerprint density at radius 3 is 2.31 bits per heavy atom. The molecule has 2 aromatic rings. The molecule has 0 aromatic heterocycles. The van der Waals surface area contributed by atoms with Crippen LogP contribution in [-0.2, 0) is 9.09 Å². The molecule has 4 nitrogen and oxygen atoms in total. The van der Waals surface area contributed by atoms with Gasteiger partial charge in [-0.05, 0) is 67.0 Å². The number of anilines is 1. The van der Waals surface area contributed by atoms with Crippen LogP contribution >= 0.6 is 30.6 Å². The maximum absolute atomic E-state index is 14.6. The zero-order chi connectivity index (χ0) is 23.6. The molecule has 1 aliphatic carbocycles. The van der Waals surface area contributed by atoms with E-state index in [2.05, 4.69) is 20.8 Å². The third-order valence-electron chi connectivity index (χ3n) is 6.54. The summed E-state index contributed by atoms with van der Waals surface area (Å²) in [6.07, 6.45) is 2.79. The second-order valence-corrected chi connectivity index (χ2v) is 12.8. The highest BCUT2D eigenvalue weighted by Crippen LogP contribution is 2.61. The molecule has 1 fully saturated rings. The van der Waals surface area contributed by atoms with E-state index in [1.165, 1.54) is 0 Å². The molecule has 2 aromatic carbocycles. The lowest BCUT2D eigenvalue weighted by Crippen LogP contribution is -2.35. The number of rotatable bonds is 7. The summed E-state index contributed by atoms with van der Waals surface area (Å²) in [4.78, 5) is 1.97. The van der Waals surface area contributed by atoms with Crippen LogP contribution in [0.5, 0.6) is 0 Å². The van der Waals surface area contributed by atoms with Gasteiger partial charge < -0.3 is 14.5 Å². The topological polar surface area (TPSA) is 49.8 Å². The Balaban J connectivity index is 2.06. The molecule has 0 saturated heterocycles. The van der Waals surface area contributed by atoms with E-state index >= 15 is 0 Å². The molecule has 1 aliphatic rings. The van der Waals surface area contributed by atoms with Crippen LogP contribution in [0.4, 0.5) is 5.69 Å². The van der Waals surface area contributed by atoms with Gasteiger partial charge in [-0.1, -0.05) is 56.5 Å². The van der Waals surface area contributed by atoms with E-state index in [1.54, 1.807) is 30.3 Å². The number of aliphatic hydroxyl groups is 1. The quantitative estimate of drug-likeness (QED) is 0.413. The molecule has 0 radical (unpaired) electrons. The summed E-state index contributed by atoms with van der Waals surface area (Å²) >= 11 is 12.5. The van der Waals surface area contributed by atoms with Gasteiger partial charge in [0.25, 0.3) is 7.37 Å². The Hall–Kier alpha value is -1.03. The molecule has 3 rings (SSSR count). The molecule has 0 bridgehead atoms. The minimum atomic E-state index is -3.74. The second-order valence-electron chi connectivity index (χ2n) is 9.52. The minimum Gasteiger partial charge on any atom is -0.378 e. The highest BCUT2D eigenvalue weighted by molar-refractivity contribution is 7.67. The van der Waals surface area contributed by atoms with Crippen LogP contribution in [-0.4, -0.2) is 25.3 Å². The van der Waals surface area contributed by atoms with E-state index in [4.69, 9.17) is 27.7 Å². The summed E-state index contributed by atoms with van der Waals surface area (Å²) in [5.41, 5.74) is 1.34. The van der Waals surface area contributed by atoms with Crippen molar-refractivity contribution < 1.29 is 14.2 Å². The van der Waals surface area contributed by atoms with Crippen molar-refractivity contribution in [3.05, 3.63) is 58.1 Å². The monoisotopic (exact) mass is 497 g/mol. The fourth-order valence-electron chi connectivity index (χ4n) is 4.55. The van der Waals surface area contributed by atoms with Gasteiger partial charge in [0.15, 0.2) is 5.85 Å². The zero-order valence-electron chi connectivity index (χ0n) is 19.5. The largest absolute Gasteiger partial charge is 0.378 e. The van der Waals surface area contributed by atoms with E-state index < -0.39 is 13.2 Å². The first kappa shape index (κ1) is 25.6. The fraction of sp³-hybridized carbons (Fsp3) is 0.520. The number of nitrogens with zero attached hydrogens (tertiary/aromatic N) is 1. The first-order valence-electron chi connectivity index (χ1n) is 11.2. The zero-order valence-corrected chi connectivity index (χ0v) is 21.9. The van der Waals surface area contributed by atoms with Crippen molar-refractivity contribution in [1.82, 2.24) is 0 Å². The standard InChI is InChI=1S/C25H34Cl2NO3P/c1-16(2)21-12-6-17(3)14-24(21)31-32(30,20-10-8-19(9-11-20)28(4)5)25(29)22-13-7-18(26)15-23(22)27/h7-11,13,15-17,21,24-25,29H,6,12,14H2,1-5H3/t17-,21+,24-,25+,32+/m1/s1. The van der Waals surface area contributed by atoms with Crippen LogP contribution in [0.15, 0.2) is 42.5 Å². The van der Waals surface area contributed by atoms with Gasteiger partial charge in [-0.2, -0.15) is 0 Å². The molecule has 5 atom stereocenters. The van der Waals surface area contributed by atoms with Gasteiger partial charge in [0.2, 0.25) is 0 Å². The molecule has 1 N–H and O–H groups in total. The third kappa shape index (κ3) is 5.54. The molecule has 176 valence electrons. The Morgan fingerprint density at radius 1 is 1.09 bits per heavy atom. The van der Waals surface area contributed by atoms with E-state index in [-0.39, 0.29) is 17.0 Å². The van der Waals surface area contributed by atoms with E-state index in [0.717, 1.165) is 24.9 Å². The van der Waals surface area contributed by atoms with Crippen LogP contribution in [0.1, 0.15) is 51.4 Å². The molecular formula is C25H34Cl2NO3P. The Morgan fingerprint density at radius 2 is 1.75 bits per heavy atom. The molecule has 0 spiro atoms. The van der Waals surface area contributed by atoms with Crippen LogP contribution in [0.2, 0.25) is 10.0 Å². The summed E-state index contributed by atoms with van der Waals surface area (Å²) in [5, 5.41) is 12.7. The minimum absolute atomic E-state index is 0.196. The Bertz CT molecular complexity index is 964. The molecule has 1 saturated carbocycles. The van der Waals surface area contributed by atoms with E-state index in [1.807, 2.05) is 31.1 Å². The van der Waals surface area contributed by atoms with Crippen LogP contribution < -0.4 is 10.2 Å². The summed E-state index contributed by atoms with van der Waals surface area (Å²) in [7, 11) is 0.158. The van der Waals surface area contributed by atoms with Gasteiger partial charge in [0.05, 0.1) is 6.10 Å². The van der Waals surface area contributed by atoms with Crippen molar-refractivity contribution in [2.24, 2.45) is 17.8 Å². The SMILES string of the molecule is CC(C)[C@@H]1CC[C@@H](C)C[C@H]1O[P@@](=O)(c1ccc(N(C)C)cc1)[C@H](O)c1ccc(Cl)cc1Cl. The first-order valence-corrected chi connectivity index (χ1v) is 13.7. The molecule has 0 heterocycles. The fourth-order valence-corrected chi connectivity index (χ4v) is 7.46. The summed E-state index contributed by atoms with van der Waals surface area (Å²) in [5.74, 6) is -0.222. The Kier molecular flexibility index (Phi) is 8.39. The lowest BCUT2D eigenvalue weighted by molar-refractivity contribution is 0.0427. The normalized spacial score (nSPS) is 24.2. The molecule has 7 heteroatoms. The van der Waals surface area contributed by atoms with Crippen molar-refractivity contribution in [3.63, 3.8) is 0 Å². The van der Waals surface area contributed by atoms with Crippen molar-refractivity contribution in [1.29, 1.82) is 0 Å². The molecule has 32 heavy (non-hydrogen) atoms. The summed E-state index contributed by atoms with van der Waals surface area (Å²) < 4.78 is 21.1. The van der Waals surface area contributed by atoms with Gasteiger partial charge in [0, 0.05) is 40.7 Å². The average Bonchev–Trinajstić information content (AvgIpc) is 2.73. The Labute approximate surface area is 202 Å². The van der Waals surface area contributed by atoms with Gasteiger partial charge >= 0.3 is 0 Å². The number of aliphatic hydroxyl groups excluding tert-OH is 1. The van der Waals surface area contributed by atoms with Gasteiger partial charge in [-0.3, -0.25) is 4.57 Å². The van der Waals surface area contributed by atoms with Gasteiger partial charge in [-0.25, -0.2) is 0 Å². The number of benzene rings is 2. The highest BCUT2D eigenvalue weighted by Gasteiger charge is 2.43. The second kappa shape index (κ2) is 10.5. The number of halogens is 2. The van der Waals surface area contributed by atoms with Crippen molar-refractivity contribution >= 4 is 41.6 Å². The molecule has 0 aliphatic heterocycles. The number of hydrogen-bond acceptors (Lipinski definition) is 4. The van der Waals surface area contributed by atoms with Crippen molar-refractivity contribution in [2.45, 2.75) is 52.0 Å². The summed E-state index contributed by atoms with van der Waals surface area (Å²) in [6.45, 7) is 6.57.